The van der Waals surface area contributed by atoms with E-state index in [0.29, 0.717) is 19.5 Å². The molecule has 1 atom stereocenters. The molecule has 1 unspecified atom stereocenters. The molecule has 0 bridgehead atoms. The lowest BCUT2D eigenvalue weighted by Gasteiger charge is -2.27. The predicted octanol–water partition coefficient (Wildman–Crippen LogP) is 0.444. The molecule has 3 heteroatoms. The van der Waals surface area contributed by atoms with E-state index in [4.69, 9.17) is 0 Å². The summed E-state index contributed by atoms with van der Waals surface area (Å²) in [6.45, 7) is 4.67. The Morgan fingerprint density at radius 3 is 2.73 bits per heavy atom. The van der Waals surface area contributed by atoms with Gasteiger partial charge in [0.05, 0.1) is 6.54 Å². The molecule has 11 heavy (non-hydrogen) atoms. The lowest BCUT2D eigenvalue weighted by Crippen LogP contribution is -2.43. The number of nitrogens with zero attached hydrogens (tertiary/aromatic N) is 1. The Morgan fingerprint density at radius 1 is 1.55 bits per heavy atom. The van der Waals surface area contributed by atoms with Crippen LogP contribution < -0.4 is 0 Å². The van der Waals surface area contributed by atoms with Gasteiger partial charge in [-0.1, -0.05) is 6.92 Å². The fourth-order valence-electron chi connectivity index (χ4n) is 1.23. The highest BCUT2D eigenvalue weighted by atomic mass is 16.2. The average Bonchev–Trinajstić information content (AvgIpc) is 1.97. The van der Waals surface area contributed by atoms with Gasteiger partial charge in [0, 0.05) is 18.9 Å². The molecule has 62 valence electrons. The maximum absolute atomic E-state index is 11.2. The number of carbonyl (C=O) groups is 2. The lowest BCUT2D eigenvalue weighted by molar-refractivity contribution is -0.143. The summed E-state index contributed by atoms with van der Waals surface area (Å²) in [6, 6.07) is 0. The molecular formula is C8H13NO2. The number of likely N-dealkylation sites (tertiary alicyclic amines) is 1. The number of rotatable bonds is 1. The minimum atomic E-state index is -0.0645. The molecule has 1 heterocycles. The van der Waals surface area contributed by atoms with Crippen LogP contribution in [0.25, 0.3) is 0 Å². The quantitative estimate of drug-likeness (QED) is 0.551. The third-order valence-corrected chi connectivity index (χ3v) is 2.11. The second kappa shape index (κ2) is 3.03. The molecule has 0 aliphatic carbocycles. The Labute approximate surface area is 66.4 Å². The summed E-state index contributed by atoms with van der Waals surface area (Å²) in [4.78, 5) is 23.9. The molecule has 0 aromatic rings. The lowest BCUT2D eigenvalue weighted by atomic mass is 9.97. The Bertz CT molecular complexity index is 189. The van der Waals surface area contributed by atoms with Gasteiger partial charge in [0.1, 0.15) is 0 Å². The second-order valence-electron chi connectivity index (χ2n) is 2.98. The van der Waals surface area contributed by atoms with Gasteiger partial charge in [-0.25, -0.2) is 0 Å². The number of hydrogen-bond donors (Lipinski definition) is 0. The third-order valence-electron chi connectivity index (χ3n) is 2.11. The van der Waals surface area contributed by atoms with Crippen LogP contribution in [0.3, 0.4) is 0 Å². The van der Waals surface area contributed by atoms with Crippen molar-refractivity contribution in [3.05, 3.63) is 0 Å². The van der Waals surface area contributed by atoms with E-state index in [2.05, 4.69) is 0 Å². The Balaban J connectivity index is 2.62. The number of hydrogen-bond acceptors (Lipinski definition) is 2. The highest BCUT2D eigenvalue weighted by molar-refractivity contribution is 5.94. The number of carbonyl (C=O) groups excluding carboxylic acids is 2. The van der Waals surface area contributed by atoms with Crippen molar-refractivity contribution in [2.45, 2.75) is 20.3 Å². The smallest absolute Gasteiger partial charge is 0.223 e. The van der Waals surface area contributed by atoms with Crippen LogP contribution in [0.15, 0.2) is 0 Å². The molecule has 0 spiro atoms. The van der Waals surface area contributed by atoms with Crippen molar-refractivity contribution in [3.63, 3.8) is 0 Å². The van der Waals surface area contributed by atoms with Crippen molar-refractivity contribution in [3.8, 4) is 0 Å². The van der Waals surface area contributed by atoms with Gasteiger partial charge in [-0.05, 0) is 6.92 Å². The normalized spacial score (nSPS) is 26.0. The minimum absolute atomic E-state index is 0.0645. The van der Waals surface area contributed by atoms with E-state index in [0.717, 1.165) is 0 Å². The van der Waals surface area contributed by atoms with Crippen molar-refractivity contribution in [1.29, 1.82) is 0 Å². The first-order valence-corrected chi connectivity index (χ1v) is 3.95. The molecular weight excluding hydrogens is 142 g/mol. The third kappa shape index (κ3) is 1.59. The number of Topliss-reactive ketones (excluding diaryl/α,β-unsaturated/α-hetero) is 1. The number of piperidine rings is 1. The minimum Gasteiger partial charge on any atom is -0.336 e. The van der Waals surface area contributed by atoms with Crippen molar-refractivity contribution in [2.24, 2.45) is 5.92 Å². The zero-order valence-electron chi connectivity index (χ0n) is 6.96. The van der Waals surface area contributed by atoms with Crippen LogP contribution in [-0.4, -0.2) is 29.7 Å². The van der Waals surface area contributed by atoms with Crippen molar-refractivity contribution < 1.29 is 9.59 Å². The maximum Gasteiger partial charge on any atom is 0.223 e. The fourth-order valence-corrected chi connectivity index (χ4v) is 1.23. The van der Waals surface area contributed by atoms with Crippen molar-refractivity contribution in [1.82, 2.24) is 4.90 Å². The van der Waals surface area contributed by atoms with Crippen LogP contribution in [0, 0.1) is 5.92 Å². The van der Waals surface area contributed by atoms with E-state index in [1.165, 1.54) is 0 Å². The van der Waals surface area contributed by atoms with Crippen LogP contribution in [0.2, 0.25) is 0 Å². The Hall–Kier alpha value is -0.860. The molecule has 1 aliphatic rings. The van der Waals surface area contributed by atoms with Crippen LogP contribution in [0.5, 0.6) is 0 Å². The largest absolute Gasteiger partial charge is 0.336 e. The van der Waals surface area contributed by atoms with Gasteiger partial charge in [0.15, 0.2) is 5.78 Å². The van der Waals surface area contributed by atoms with E-state index < -0.39 is 0 Å². The highest BCUT2D eigenvalue weighted by Gasteiger charge is 2.27. The number of ketones is 1. The van der Waals surface area contributed by atoms with Gasteiger partial charge in [0.25, 0.3) is 0 Å². The Morgan fingerprint density at radius 2 is 2.18 bits per heavy atom. The topological polar surface area (TPSA) is 37.4 Å². The summed E-state index contributed by atoms with van der Waals surface area (Å²) in [5.41, 5.74) is 0. The molecule has 0 aromatic heterocycles. The maximum atomic E-state index is 11.2. The molecule has 0 saturated carbocycles. The molecule has 0 radical (unpaired) electrons. The monoisotopic (exact) mass is 155 g/mol. The van der Waals surface area contributed by atoms with Crippen molar-refractivity contribution >= 4 is 11.7 Å². The van der Waals surface area contributed by atoms with Crippen LogP contribution in [-0.2, 0) is 9.59 Å². The van der Waals surface area contributed by atoms with Crippen molar-refractivity contribution in [2.75, 3.05) is 13.1 Å². The molecule has 1 fully saturated rings. The predicted molar refractivity (Wildman–Crippen MR) is 41.0 cm³/mol. The van der Waals surface area contributed by atoms with E-state index in [-0.39, 0.29) is 17.6 Å². The fraction of sp³-hybridized carbons (Fsp3) is 0.750. The molecule has 0 aromatic carbocycles. The summed E-state index contributed by atoms with van der Waals surface area (Å²) in [5.74, 6) is 0.233. The van der Waals surface area contributed by atoms with E-state index in [1.807, 2.05) is 13.8 Å². The second-order valence-corrected chi connectivity index (χ2v) is 2.98. The summed E-state index contributed by atoms with van der Waals surface area (Å²) in [5, 5.41) is 0. The van der Waals surface area contributed by atoms with E-state index in [1.54, 1.807) is 4.90 Å². The number of likely N-dealkylation sites (N-methyl/N-ethyl adjacent to an activating group) is 1. The van der Waals surface area contributed by atoms with Gasteiger partial charge in [-0.15, -0.1) is 0 Å². The SMILES string of the molecule is CCN1CC(=O)C(C)CC1=O. The van der Waals surface area contributed by atoms with Gasteiger partial charge >= 0.3 is 0 Å². The Kier molecular flexibility index (Phi) is 2.27. The molecule has 1 saturated heterocycles. The van der Waals surface area contributed by atoms with Crippen LogP contribution in [0.1, 0.15) is 20.3 Å². The zero-order chi connectivity index (χ0) is 8.43. The molecule has 1 amide bonds. The average molecular weight is 155 g/mol. The first-order valence-electron chi connectivity index (χ1n) is 3.95. The van der Waals surface area contributed by atoms with Gasteiger partial charge < -0.3 is 4.90 Å². The summed E-state index contributed by atoms with van der Waals surface area (Å²) in [7, 11) is 0. The molecule has 1 aliphatic heterocycles. The molecule has 3 nitrogen and oxygen atoms in total. The highest BCUT2D eigenvalue weighted by Crippen LogP contribution is 2.13. The molecule has 1 rings (SSSR count). The first kappa shape index (κ1) is 8.24. The summed E-state index contributed by atoms with van der Waals surface area (Å²) < 4.78 is 0. The first-order chi connectivity index (χ1) is 5.15. The van der Waals surface area contributed by atoms with Crippen LogP contribution in [0.4, 0.5) is 0 Å². The van der Waals surface area contributed by atoms with Crippen LogP contribution >= 0.6 is 0 Å². The van der Waals surface area contributed by atoms with Gasteiger partial charge in [-0.2, -0.15) is 0 Å². The number of amides is 1. The molecule has 0 N–H and O–H groups in total. The summed E-state index contributed by atoms with van der Waals surface area (Å²) in [6.07, 6.45) is 0.396. The zero-order valence-corrected chi connectivity index (χ0v) is 6.96. The summed E-state index contributed by atoms with van der Waals surface area (Å²) >= 11 is 0. The standard InChI is InChI=1S/C8H13NO2/c1-3-9-5-7(10)6(2)4-8(9)11/h6H,3-5H2,1-2H3. The van der Waals surface area contributed by atoms with E-state index in [9.17, 15) is 9.59 Å². The van der Waals surface area contributed by atoms with Gasteiger partial charge in [0.2, 0.25) is 5.91 Å². The van der Waals surface area contributed by atoms with E-state index >= 15 is 0 Å². The van der Waals surface area contributed by atoms with Gasteiger partial charge in [-0.3, -0.25) is 9.59 Å².